The first-order chi connectivity index (χ1) is 8.56. The molecule has 2 aromatic rings. The maximum Gasteiger partial charge on any atom is 0.239 e. The van der Waals surface area contributed by atoms with Gasteiger partial charge in [0.1, 0.15) is 17.4 Å². The van der Waals surface area contributed by atoms with Gasteiger partial charge in [0.15, 0.2) is 12.1 Å². The number of fused-ring (bicyclic) bond motifs is 1. The van der Waals surface area contributed by atoms with Gasteiger partial charge in [-0.1, -0.05) is 6.07 Å². The Balaban J connectivity index is 2.57. The smallest absolute Gasteiger partial charge is 0.239 e. The van der Waals surface area contributed by atoms with Crippen LogP contribution in [-0.4, -0.2) is 34.7 Å². The van der Waals surface area contributed by atoms with Gasteiger partial charge in [0.05, 0.1) is 0 Å². The summed E-state index contributed by atoms with van der Waals surface area (Å²) in [6.07, 6.45) is 2.47. The Kier molecular flexibility index (Phi) is 3.01. The summed E-state index contributed by atoms with van der Waals surface area (Å²) in [7, 11) is 1.68. The summed E-state index contributed by atoms with van der Waals surface area (Å²) in [6, 6.07) is 4.90. The molecule has 0 aliphatic heterocycles. The Labute approximate surface area is 104 Å². The first-order valence-electron chi connectivity index (χ1n) is 5.50. The second-order valence-electron chi connectivity index (χ2n) is 4.06. The number of aromatic nitrogens is 2. The third-order valence-corrected chi connectivity index (χ3v) is 2.99. The highest BCUT2D eigenvalue weighted by atomic mass is 16.1. The summed E-state index contributed by atoms with van der Waals surface area (Å²) in [6.45, 7) is 1.67. The average molecular weight is 246 g/mol. The minimum absolute atomic E-state index is 0.404. The van der Waals surface area contributed by atoms with Crippen molar-refractivity contribution in [2.45, 2.75) is 13.0 Å². The van der Waals surface area contributed by atoms with Crippen molar-refractivity contribution >= 4 is 23.7 Å². The summed E-state index contributed by atoms with van der Waals surface area (Å²) in [5.74, 6) is -0.0195. The van der Waals surface area contributed by atoms with Crippen molar-refractivity contribution < 1.29 is 9.59 Å². The van der Waals surface area contributed by atoms with E-state index >= 15 is 0 Å². The van der Waals surface area contributed by atoms with Crippen LogP contribution in [0.2, 0.25) is 0 Å². The molecule has 6 nitrogen and oxygen atoms in total. The summed E-state index contributed by atoms with van der Waals surface area (Å²) in [4.78, 5) is 28.3. The van der Waals surface area contributed by atoms with Gasteiger partial charge in [0.25, 0.3) is 0 Å². The molecule has 94 valence electrons. The van der Waals surface area contributed by atoms with E-state index in [9.17, 15) is 9.59 Å². The second kappa shape index (κ2) is 4.48. The molecule has 0 aliphatic rings. The Morgan fingerprint density at radius 3 is 2.89 bits per heavy atom. The Morgan fingerprint density at radius 1 is 1.56 bits per heavy atom. The van der Waals surface area contributed by atoms with Crippen molar-refractivity contribution in [2.24, 2.45) is 5.73 Å². The lowest BCUT2D eigenvalue weighted by Crippen LogP contribution is -2.40. The maximum absolute atomic E-state index is 11.2. The summed E-state index contributed by atoms with van der Waals surface area (Å²) in [5.41, 5.74) is 6.31. The van der Waals surface area contributed by atoms with Crippen LogP contribution in [0.4, 0.5) is 5.82 Å². The lowest BCUT2D eigenvalue weighted by atomic mass is 10.3. The molecule has 0 bridgehead atoms. The molecular formula is C12H14N4O2. The molecule has 2 heterocycles. The number of rotatable bonds is 4. The summed E-state index contributed by atoms with van der Waals surface area (Å²) in [5, 5.41) is 0. The highest BCUT2D eigenvalue weighted by Crippen LogP contribution is 2.20. The van der Waals surface area contributed by atoms with E-state index in [1.807, 2.05) is 12.1 Å². The molecule has 0 fully saturated rings. The minimum atomic E-state index is -0.534. The quantitative estimate of drug-likeness (QED) is 0.794. The normalized spacial score (nSPS) is 12.3. The number of carbonyl (C=O) groups is 2. The molecule has 1 amide bonds. The first-order valence-corrected chi connectivity index (χ1v) is 5.50. The van der Waals surface area contributed by atoms with Crippen LogP contribution in [0.3, 0.4) is 0 Å². The lowest BCUT2D eigenvalue weighted by Gasteiger charge is -2.22. The van der Waals surface area contributed by atoms with E-state index in [0.717, 1.165) is 6.29 Å². The molecule has 2 N–H and O–H groups in total. The van der Waals surface area contributed by atoms with Crippen LogP contribution in [0.25, 0.3) is 5.65 Å². The zero-order valence-electron chi connectivity index (χ0n) is 10.2. The fourth-order valence-electron chi connectivity index (χ4n) is 1.75. The van der Waals surface area contributed by atoms with Gasteiger partial charge in [-0.05, 0) is 19.1 Å². The van der Waals surface area contributed by atoms with Crippen molar-refractivity contribution in [1.82, 2.24) is 9.38 Å². The topological polar surface area (TPSA) is 80.7 Å². The molecule has 0 spiro atoms. The van der Waals surface area contributed by atoms with Crippen LogP contribution >= 0.6 is 0 Å². The van der Waals surface area contributed by atoms with E-state index in [2.05, 4.69) is 4.98 Å². The Bertz CT molecular complexity index is 605. The molecule has 6 heteroatoms. The van der Waals surface area contributed by atoms with Gasteiger partial charge < -0.3 is 10.6 Å². The number of primary amides is 1. The third kappa shape index (κ3) is 1.81. The van der Waals surface area contributed by atoms with Crippen LogP contribution in [-0.2, 0) is 4.79 Å². The number of imidazole rings is 1. The van der Waals surface area contributed by atoms with Crippen molar-refractivity contribution in [2.75, 3.05) is 11.9 Å². The number of carbonyl (C=O) groups excluding carboxylic acids is 2. The Hall–Kier alpha value is -2.37. The molecule has 2 rings (SSSR count). The summed E-state index contributed by atoms with van der Waals surface area (Å²) < 4.78 is 1.67. The van der Waals surface area contributed by atoms with Gasteiger partial charge in [-0.2, -0.15) is 0 Å². The SMILES string of the molecule is CC(C(N)=O)N(C)c1nc2ccccn2c1C=O. The van der Waals surface area contributed by atoms with Gasteiger partial charge in [-0.25, -0.2) is 4.98 Å². The third-order valence-electron chi connectivity index (χ3n) is 2.99. The van der Waals surface area contributed by atoms with E-state index in [4.69, 9.17) is 5.73 Å². The van der Waals surface area contributed by atoms with Crippen LogP contribution in [0.1, 0.15) is 17.4 Å². The van der Waals surface area contributed by atoms with Crippen molar-refractivity contribution in [3.05, 3.63) is 30.1 Å². The largest absolute Gasteiger partial charge is 0.368 e. The van der Waals surface area contributed by atoms with Crippen LogP contribution in [0.15, 0.2) is 24.4 Å². The minimum Gasteiger partial charge on any atom is -0.368 e. The fourth-order valence-corrected chi connectivity index (χ4v) is 1.75. The monoisotopic (exact) mass is 246 g/mol. The van der Waals surface area contributed by atoms with Gasteiger partial charge >= 0.3 is 0 Å². The number of amides is 1. The van der Waals surface area contributed by atoms with Crippen molar-refractivity contribution in [3.8, 4) is 0 Å². The highest BCUT2D eigenvalue weighted by molar-refractivity contribution is 5.87. The van der Waals surface area contributed by atoms with Crippen molar-refractivity contribution in [1.29, 1.82) is 0 Å². The van der Waals surface area contributed by atoms with Gasteiger partial charge in [0, 0.05) is 13.2 Å². The lowest BCUT2D eigenvalue weighted by molar-refractivity contribution is -0.118. The summed E-state index contributed by atoms with van der Waals surface area (Å²) >= 11 is 0. The van der Waals surface area contributed by atoms with E-state index in [0.29, 0.717) is 17.2 Å². The van der Waals surface area contributed by atoms with E-state index in [1.165, 1.54) is 0 Å². The Morgan fingerprint density at radius 2 is 2.28 bits per heavy atom. The predicted molar refractivity (Wildman–Crippen MR) is 67.6 cm³/mol. The number of pyridine rings is 1. The number of hydrogen-bond donors (Lipinski definition) is 1. The zero-order valence-corrected chi connectivity index (χ0v) is 10.2. The molecule has 1 atom stereocenters. The van der Waals surface area contributed by atoms with E-state index in [1.54, 1.807) is 35.5 Å². The van der Waals surface area contributed by atoms with Crippen LogP contribution in [0.5, 0.6) is 0 Å². The number of nitrogens with zero attached hydrogens (tertiary/aromatic N) is 3. The molecule has 1 unspecified atom stereocenters. The number of likely N-dealkylation sites (N-methyl/N-ethyl adjacent to an activating group) is 1. The predicted octanol–water partition coefficient (Wildman–Crippen LogP) is 0.457. The molecular weight excluding hydrogens is 232 g/mol. The van der Waals surface area contributed by atoms with Gasteiger partial charge in [-0.15, -0.1) is 0 Å². The van der Waals surface area contributed by atoms with E-state index < -0.39 is 11.9 Å². The zero-order chi connectivity index (χ0) is 13.3. The highest BCUT2D eigenvalue weighted by Gasteiger charge is 2.21. The number of anilines is 1. The second-order valence-corrected chi connectivity index (χ2v) is 4.06. The maximum atomic E-state index is 11.2. The van der Waals surface area contributed by atoms with Gasteiger partial charge in [0.2, 0.25) is 5.91 Å². The number of hydrogen-bond acceptors (Lipinski definition) is 4. The van der Waals surface area contributed by atoms with E-state index in [-0.39, 0.29) is 0 Å². The van der Waals surface area contributed by atoms with Crippen LogP contribution in [0, 0.1) is 0 Å². The molecule has 0 aliphatic carbocycles. The molecule has 2 aromatic heterocycles. The van der Waals surface area contributed by atoms with Crippen molar-refractivity contribution in [3.63, 3.8) is 0 Å². The standard InChI is InChI=1S/C12H14N4O2/c1-8(11(13)18)15(2)12-9(7-17)16-6-4-3-5-10(16)14-12/h3-8H,1-2H3,(H2,13,18). The molecule has 18 heavy (non-hydrogen) atoms. The molecule has 0 saturated carbocycles. The average Bonchev–Trinajstić information content (AvgIpc) is 2.75. The fraction of sp³-hybridized carbons (Fsp3) is 0.250. The molecule has 0 aromatic carbocycles. The molecule has 0 radical (unpaired) electrons. The molecule has 0 saturated heterocycles. The van der Waals surface area contributed by atoms with Gasteiger partial charge in [-0.3, -0.25) is 14.0 Å². The first kappa shape index (κ1) is 12.1. The number of aldehydes is 1. The van der Waals surface area contributed by atoms with Crippen LogP contribution < -0.4 is 10.6 Å². The number of nitrogens with two attached hydrogens (primary N) is 1.